The third kappa shape index (κ3) is 5.88. The van der Waals surface area contributed by atoms with Crippen LogP contribution in [-0.4, -0.2) is 52.6 Å². The first-order valence-electron chi connectivity index (χ1n) is 7.16. The molecule has 2 N–H and O–H groups in total. The van der Waals surface area contributed by atoms with E-state index in [9.17, 15) is 0 Å². The SMILES string of the molecule is CCCNc1nc(Cl)nc(NCCN(C)C(C)CC)n1. The minimum Gasteiger partial charge on any atom is -0.354 e. The Kier molecular flexibility index (Phi) is 7.54. The van der Waals surface area contributed by atoms with E-state index in [2.05, 4.69) is 58.3 Å². The van der Waals surface area contributed by atoms with E-state index in [1.54, 1.807) is 0 Å². The van der Waals surface area contributed by atoms with Gasteiger partial charge in [0.15, 0.2) is 0 Å². The lowest BCUT2D eigenvalue weighted by atomic mass is 10.2. The van der Waals surface area contributed by atoms with Crippen molar-refractivity contribution in [3.8, 4) is 0 Å². The molecule has 20 heavy (non-hydrogen) atoms. The second-order valence-corrected chi connectivity index (χ2v) is 5.18. The van der Waals surface area contributed by atoms with Crippen LogP contribution in [0.15, 0.2) is 0 Å². The molecule has 7 heteroatoms. The molecule has 0 bridgehead atoms. The Morgan fingerprint density at radius 2 is 1.70 bits per heavy atom. The van der Waals surface area contributed by atoms with Crippen molar-refractivity contribution in [2.24, 2.45) is 0 Å². The number of hydrogen-bond donors (Lipinski definition) is 2. The average molecular weight is 301 g/mol. The summed E-state index contributed by atoms with van der Waals surface area (Å²) in [6, 6.07) is 0.570. The Morgan fingerprint density at radius 1 is 1.10 bits per heavy atom. The van der Waals surface area contributed by atoms with Crippen molar-refractivity contribution in [1.82, 2.24) is 19.9 Å². The van der Waals surface area contributed by atoms with E-state index in [1.165, 1.54) is 0 Å². The summed E-state index contributed by atoms with van der Waals surface area (Å²) in [5.41, 5.74) is 0. The molecule has 1 atom stereocenters. The maximum Gasteiger partial charge on any atom is 0.228 e. The van der Waals surface area contributed by atoms with Crippen LogP contribution in [0.4, 0.5) is 11.9 Å². The lowest BCUT2D eigenvalue weighted by Crippen LogP contribution is -2.33. The average Bonchev–Trinajstić information content (AvgIpc) is 2.43. The highest BCUT2D eigenvalue weighted by atomic mass is 35.5. The van der Waals surface area contributed by atoms with Crippen molar-refractivity contribution in [1.29, 1.82) is 0 Å². The molecule has 0 radical (unpaired) electrons. The largest absolute Gasteiger partial charge is 0.354 e. The molecular formula is C13H25ClN6. The molecule has 1 rings (SSSR count). The summed E-state index contributed by atoms with van der Waals surface area (Å²) in [5, 5.41) is 6.49. The fraction of sp³-hybridized carbons (Fsp3) is 0.769. The summed E-state index contributed by atoms with van der Waals surface area (Å²) in [7, 11) is 2.12. The van der Waals surface area contributed by atoms with Gasteiger partial charge in [-0.05, 0) is 38.4 Å². The van der Waals surface area contributed by atoms with Crippen molar-refractivity contribution >= 4 is 23.5 Å². The van der Waals surface area contributed by atoms with E-state index < -0.39 is 0 Å². The smallest absolute Gasteiger partial charge is 0.228 e. The van der Waals surface area contributed by atoms with Crippen LogP contribution in [0.25, 0.3) is 0 Å². The van der Waals surface area contributed by atoms with Crippen molar-refractivity contribution in [3.63, 3.8) is 0 Å². The van der Waals surface area contributed by atoms with Crippen LogP contribution in [0.2, 0.25) is 5.28 Å². The molecule has 0 saturated carbocycles. The van der Waals surface area contributed by atoms with Gasteiger partial charge < -0.3 is 15.5 Å². The minimum absolute atomic E-state index is 0.205. The Bertz CT molecular complexity index is 400. The maximum atomic E-state index is 5.89. The van der Waals surface area contributed by atoms with Crippen LogP contribution >= 0.6 is 11.6 Å². The Hall–Kier alpha value is -1.14. The van der Waals surface area contributed by atoms with Gasteiger partial charge in [0.05, 0.1) is 0 Å². The van der Waals surface area contributed by atoms with Gasteiger partial charge in [-0.1, -0.05) is 13.8 Å². The summed E-state index contributed by atoms with van der Waals surface area (Å²) in [6.07, 6.45) is 2.14. The molecule has 0 saturated heterocycles. The van der Waals surface area contributed by atoms with Crippen LogP contribution in [0.3, 0.4) is 0 Å². The molecule has 0 spiro atoms. The van der Waals surface area contributed by atoms with Crippen molar-refractivity contribution in [3.05, 3.63) is 5.28 Å². The first kappa shape index (κ1) is 16.9. The molecule has 1 aromatic rings. The molecule has 0 aliphatic carbocycles. The summed E-state index contributed by atoms with van der Waals surface area (Å²) in [5.74, 6) is 1.03. The molecule has 0 aromatic carbocycles. The topological polar surface area (TPSA) is 66.0 Å². The summed E-state index contributed by atoms with van der Waals surface area (Å²) in [6.45, 7) is 9.00. The van der Waals surface area contributed by atoms with E-state index in [4.69, 9.17) is 11.6 Å². The monoisotopic (exact) mass is 300 g/mol. The number of halogens is 1. The predicted molar refractivity (Wildman–Crippen MR) is 84.5 cm³/mol. The lowest BCUT2D eigenvalue weighted by Gasteiger charge is -2.23. The molecule has 0 fully saturated rings. The normalized spacial score (nSPS) is 12.5. The Morgan fingerprint density at radius 3 is 2.25 bits per heavy atom. The Balaban J connectivity index is 2.48. The van der Waals surface area contributed by atoms with Crippen molar-refractivity contribution in [2.75, 3.05) is 37.3 Å². The van der Waals surface area contributed by atoms with Gasteiger partial charge >= 0.3 is 0 Å². The number of nitrogens with one attached hydrogen (secondary N) is 2. The molecule has 0 aliphatic rings. The fourth-order valence-electron chi connectivity index (χ4n) is 1.62. The van der Waals surface area contributed by atoms with E-state index in [1.807, 2.05) is 0 Å². The van der Waals surface area contributed by atoms with Gasteiger partial charge in [0, 0.05) is 25.7 Å². The molecule has 1 heterocycles. The van der Waals surface area contributed by atoms with Gasteiger partial charge in [-0.2, -0.15) is 15.0 Å². The number of likely N-dealkylation sites (N-methyl/N-ethyl adjacent to an activating group) is 1. The van der Waals surface area contributed by atoms with Gasteiger partial charge in [0.25, 0.3) is 0 Å². The number of rotatable bonds is 9. The highest BCUT2D eigenvalue weighted by molar-refractivity contribution is 6.28. The van der Waals surface area contributed by atoms with Gasteiger partial charge in [-0.3, -0.25) is 0 Å². The van der Waals surface area contributed by atoms with Crippen LogP contribution < -0.4 is 10.6 Å². The summed E-state index contributed by atoms with van der Waals surface area (Å²) < 4.78 is 0. The zero-order chi connectivity index (χ0) is 15.0. The molecule has 114 valence electrons. The Labute approximate surface area is 126 Å². The second-order valence-electron chi connectivity index (χ2n) is 4.84. The molecule has 0 amide bonds. The van der Waals surface area contributed by atoms with Crippen molar-refractivity contribution < 1.29 is 0 Å². The predicted octanol–water partition coefficient (Wildman–Crippen LogP) is 2.49. The highest BCUT2D eigenvalue weighted by Crippen LogP contribution is 2.09. The minimum atomic E-state index is 0.205. The van der Waals surface area contributed by atoms with E-state index in [0.717, 1.165) is 32.5 Å². The van der Waals surface area contributed by atoms with Gasteiger partial charge in [0.2, 0.25) is 17.2 Å². The first-order valence-corrected chi connectivity index (χ1v) is 7.54. The third-order valence-electron chi connectivity index (χ3n) is 3.23. The van der Waals surface area contributed by atoms with Crippen LogP contribution in [-0.2, 0) is 0 Å². The van der Waals surface area contributed by atoms with Crippen LogP contribution in [0.1, 0.15) is 33.6 Å². The highest BCUT2D eigenvalue weighted by Gasteiger charge is 2.07. The number of aromatic nitrogens is 3. The molecule has 1 aromatic heterocycles. The van der Waals surface area contributed by atoms with Crippen molar-refractivity contribution in [2.45, 2.75) is 39.7 Å². The molecule has 0 aliphatic heterocycles. The zero-order valence-corrected chi connectivity index (χ0v) is 13.5. The summed E-state index contributed by atoms with van der Waals surface area (Å²) in [4.78, 5) is 14.7. The molecule has 1 unspecified atom stereocenters. The number of nitrogens with zero attached hydrogens (tertiary/aromatic N) is 4. The van der Waals surface area contributed by atoms with Crippen LogP contribution in [0, 0.1) is 0 Å². The summed E-state index contributed by atoms with van der Waals surface area (Å²) >= 11 is 5.89. The van der Waals surface area contributed by atoms with Gasteiger partial charge in [0.1, 0.15) is 0 Å². The lowest BCUT2D eigenvalue weighted by molar-refractivity contribution is 0.261. The van der Waals surface area contributed by atoms with E-state index >= 15 is 0 Å². The van der Waals surface area contributed by atoms with Gasteiger partial charge in [-0.15, -0.1) is 0 Å². The van der Waals surface area contributed by atoms with Gasteiger partial charge in [-0.25, -0.2) is 0 Å². The van der Waals surface area contributed by atoms with E-state index in [0.29, 0.717) is 17.9 Å². The molecule has 6 nitrogen and oxygen atoms in total. The number of anilines is 2. The second kappa shape index (κ2) is 8.92. The molecular weight excluding hydrogens is 276 g/mol. The van der Waals surface area contributed by atoms with E-state index in [-0.39, 0.29) is 5.28 Å². The maximum absolute atomic E-state index is 5.89. The number of hydrogen-bond acceptors (Lipinski definition) is 6. The third-order valence-corrected chi connectivity index (χ3v) is 3.40. The quantitative estimate of drug-likeness (QED) is 0.730. The fourth-order valence-corrected chi connectivity index (χ4v) is 1.78. The first-order chi connectivity index (χ1) is 9.56. The standard InChI is InChI=1S/C13H25ClN6/c1-5-7-15-12-17-11(14)18-13(19-12)16-8-9-20(4)10(3)6-2/h10H,5-9H2,1-4H3,(H2,15,16,17,18,19). The zero-order valence-electron chi connectivity index (χ0n) is 12.8. The van der Waals surface area contributed by atoms with Crippen LogP contribution in [0.5, 0.6) is 0 Å².